The Morgan fingerprint density at radius 3 is 2.30 bits per heavy atom. The average molecular weight is 274 g/mol. The van der Waals surface area contributed by atoms with Crippen molar-refractivity contribution in [2.45, 2.75) is 58.3 Å². The lowest BCUT2D eigenvalue weighted by Gasteiger charge is -1.98. The number of hydrogen-bond acceptors (Lipinski definition) is 1. The van der Waals surface area contributed by atoms with Crippen molar-refractivity contribution in [1.82, 2.24) is 0 Å². The first-order valence-electron chi connectivity index (χ1n) is 7.43. The third-order valence-electron chi connectivity index (χ3n) is 2.78. The standard InChI is InChI=1S/C18H26O2/c1-2-3-4-5-6-7-8-9-10-11-12-13-14-15-16-17-18(19)20/h2-5,8-9H,10-17H2,1H3,(H,19,20). The molecule has 0 aliphatic heterocycles. The highest BCUT2D eigenvalue weighted by Gasteiger charge is 1.95. The van der Waals surface area contributed by atoms with Crippen molar-refractivity contribution in [1.29, 1.82) is 0 Å². The lowest BCUT2D eigenvalue weighted by atomic mass is 10.1. The normalized spacial score (nSPS) is 11.2. The van der Waals surface area contributed by atoms with Crippen molar-refractivity contribution >= 4 is 5.97 Å². The van der Waals surface area contributed by atoms with Gasteiger partial charge in [-0.2, -0.15) is 0 Å². The molecule has 0 amide bonds. The van der Waals surface area contributed by atoms with E-state index in [9.17, 15) is 4.79 Å². The van der Waals surface area contributed by atoms with E-state index in [1.165, 1.54) is 19.3 Å². The first-order valence-corrected chi connectivity index (χ1v) is 7.43. The number of carbonyl (C=O) groups is 1. The van der Waals surface area contributed by atoms with Gasteiger partial charge in [-0.3, -0.25) is 4.79 Å². The summed E-state index contributed by atoms with van der Waals surface area (Å²) in [5.41, 5.74) is 0. The minimum absolute atomic E-state index is 0.309. The third-order valence-corrected chi connectivity index (χ3v) is 2.78. The van der Waals surface area contributed by atoms with Crippen LogP contribution in [0.1, 0.15) is 58.3 Å². The quantitative estimate of drug-likeness (QED) is 0.350. The summed E-state index contributed by atoms with van der Waals surface area (Å²) in [6.45, 7) is 1.98. The van der Waals surface area contributed by atoms with Gasteiger partial charge in [-0.05, 0) is 38.3 Å². The molecular formula is C18H26O2. The van der Waals surface area contributed by atoms with Gasteiger partial charge in [-0.1, -0.05) is 61.8 Å². The maximum Gasteiger partial charge on any atom is 0.303 e. The summed E-state index contributed by atoms with van der Waals surface area (Å²) in [6, 6.07) is 0. The molecule has 110 valence electrons. The summed E-state index contributed by atoms with van der Waals surface area (Å²) in [6.07, 6.45) is 19.7. The number of allylic oxidation sites excluding steroid dienone is 6. The van der Waals surface area contributed by atoms with E-state index in [0.717, 1.165) is 25.7 Å². The average Bonchev–Trinajstić information content (AvgIpc) is 2.43. The Kier molecular flexibility index (Phi) is 14.0. The molecule has 0 heterocycles. The molecule has 0 aliphatic carbocycles. The summed E-state index contributed by atoms with van der Waals surface area (Å²) >= 11 is 0. The van der Waals surface area contributed by atoms with Crippen LogP contribution >= 0.6 is 0 Å². The van der Waals surface area contributed by atoms with Crippen LogP contribution in [0.3, 0.4) is 0 Å². The molecular weight excluding hydrogens is 248 g/mol. The van der Waals surface area contributed by atoms with Crippen LogP contribution in [0.25, 0.3) is 0 Å². The fourth-order valence-electron chi connectivity index (χ4n) is 1.70. The van der Waals surface area contributed by atoms with Crippen molar-refractivity contribution in [3.63, 3.8) is 0 Å². The van der Waals surface area contributed by atoms with Gasteiger partial charge in [0.1, 0.15) is 0 Å². The molecule has 0 atom stereocenters. The van der Waals surface area contributed by atoms with Crippen LogP contribution < -0.4 is 0 Å². The maximum absolute atomic E-state index is 10.3. The Hall–Kier alpha value is -1.75. The van der Waals surface area contributed by atoms with Crippen molar-refractivity contribution in [2.75, 3.05) is 0 Å². The van der Waals surface area contributed by atoms with Crippen LogP contribution in [-0.2, 0) is 4.79 Å². The Morgan fingerprint density at radius 1 is 0.950 bits per heavy atom. The molecule has 0 bridgehead atoms. The summed E-state index contributed by atoms with van der Waals surface area (Å²) in [7, 11) is 0. The number of aliphatic carboxylic acids is 1. The van der Waals surface area contributed by atoms with Crippen LogP contribution in [0.2, 0.25) is 0 Å². The molecule has 0 unspecified atom stereocenters. The molecule has 0 spiro atoms. The maximum atomic E-state index is 10.3. The molecule has 0 aliphatic rings. The Balaban J connectivity index is 3.33. The van der Waals surface area contributed by atoms with Crippen LogP contribution in [-0.4, -0.2) is 11.1 Å². The van der Waals surface area contributed by atoms with Crippen molar-refractivity contribution in [2.24, 2.45) is 0 Å². The van der Waals surface area contributed by atoms with E-state index in [2.05, 4.69) is 17.9 Å². The Morgan fingerprint density at radius 2 is 1.60 bits per heavy atom. The number of rotatable bonds is 10. The van der Waals surface area contributed by atoms with Crippen LogP contribution in [0, 0.1) is 11.8 Å². The minimum atomic E-state index is -0.684. The number of unbranched alkanes of at least 4 members (excludes halogenated alkanes) is 6. The van der Waals surface area contributed by atoms with E-state index < -0.39 is 5.97 Å². The first-order chi connectivity index (χ1) is 9.77. The number of hydrogen-bond donors (Lipinski definition) is 1. The van der Waals surface area contributed by atoms with Crippen molar-refractivity contribution in [3.8, 4) is 11.8 Å². The van der Waals surface area contributed by atoms with Gasteiger partial charge in [0.25, 0.3) is 0 Å². The smallest absolute Gasteiger partial charge is 0.303 e. The summed E-state index contributed by atoms with van der Waals surface area (Å²) in [5, 5.41) is 8.49. The van der Waals surface area contributed by atoms with Gasteiger partial charge in [0.2, 0.25) is 0 Å². The molecule has 0 saturated carbocycles. The molecule has 2 nitrogen and oxygen atoms in total. The lowest BCUT2D eigenvalue weighted by Crippen LogP contribution is -1.93. The highest BCUT2D eigenvalue weighted by Crippen LogP contribution is 2.08. The zero-order valence-electron chi connectivity index (χ0n) is 12.5. The number of carboxylic acids is 1. The fourth-order valence-corrected chi connectivity index (χ4v) is 1.70. The highest BCUT2D eigenvalue weighted by molar-refractivity contribution is 5.66. The molecule has 0 fully saturated rings. The van der Waals surface area contributed by atoms with E-state index in [1.54, 1.807) is 0 Å². The summed E-state index contributed by atoms with van der Waals surface area (Å²) in [5.74, 6) is 5.22. The van der Waals surface area contributed by atoms with Gasteiger partial charge in [-0.25, -0.2) is 0 Å². The number of carboxylic acid groups (broad SMARTS) is 1. The molecule has 0 radical (unpaired) electrons. The molecule has 2 heteroatoms. The molecule has 0 aromatic rings. The zero-order chi connectivity index (χ0) is 14.9. The van der Waals surface area contributed by atoms with Gasteiger partial charge < -0.3 is 5.11 Å². The van der Waals surface area contributed by atoms with Gasteiger partial charge in [0.15, 0.2) is 0 Å². The van der Waals surface area contributed by atoms with E-state index in [0.29, 0.717) is 6.42 Å². The van der Waals surface area contributed by atoms with E-state index in [4.69, 9.17) is 5.11 Å². The SMILES string of the molecule is CC=CC=CC#CC=CCCCCCCCCC(=O)O. The first kappa shape index (κ1) is 18.2. The van der Waals surface area contributed by atoms with E-state index in [-0.39, 0.29) is 0 Å². The van der Waals surface area contributed by atoms with Gasteiger partial charge in [0.05, 0.1) is 0 Å². The second-order valence-electron chi connectivity index (χ2n) is 4.63. The third kappa shape index (κ3) is 16.2. The summed E-state index contributed by atoms with van der Waals surface area (Å²) in [4.78, 5) is 10.3. The highest BCUT2D eigenvalue weighted by atomic mass is 16.4. The summed E-state index contributed by atoms with van der Waals surface area (Å²) < 4.78 is 0. The minimum Gasteiger partial charge on any atom is -0.481 e. The topological polar surface area (TPSA) is 37.3 Å². The largest absolute Gasteiger partial charge is 0.481 e. The molecule has 20 heavy (non-hydrogen) atoms. The van der Waals surface area contributed by atoms with E-state index >= 15 is 0 Å². The monoisotopic (exact) mass is 274 g/mol. The molecule has 1 N–H and O–H groups in total. The van der Waals surface area contributed by atoms with Crippen LogP contribution in [0.5, 0.6) is 0 Å². The Bertz CT molecular complexity index is 378. The second kappa shape index (κ2) is 15.3. The fraction of sp³-hybridized carbons (Fsp3) is 0.500. The molecule has 0 saturated heterocycles. The van der Waals surface area contributed by atoms with Crippen LogP contribution in [0.4, 0.5) is 0 Å². The van der Waals surface area contributed by atoms with Gasteiger partial charge in [0, 0.05) is 6.42 Å². The molecule has 0 aromatic heterocycles. The predicted molar refractivity (Wildman–Crippen MR) is 85.4 cm³/mol. The van der Waals surface area contributed by atoms with Crippen molar-refractivity contribution < 1.29 is 9.90 Å². The van der Waals surface area contributed by atoms with Crippen molar-refractivity contribution in [3.05, 3.63) is 36.5 Å². The lowest BCUT2D eigenvalue weighted by molar-refractivity contribution is -0.137. The molecule has 0 rings (SSSR count). The zero-order valence-corrected chi connectivity index (χ0v) is 12.5. The van der Waals surface area contributed by atoms with Gasteiger partial charge in [-0.15, -0.1) is 0 Å². The Labute approximate surface area is 123 Å². The van der Waals surface area contributed by atoms with E-state index in [1.807, 2.05) is 37.3 Å². The van der Waals surface area contributed by atoms with Gasteiger partial charge >= 0.3 is 5.97 Å². The molecule has 0 aromatic carbocycles. The van der Waals surface area contributed by atoms with Crippen LogP contribution in [0.15, 0.2) is 36.5 Å². The second-order valence-corrected chi connectivity index (χ2v) is 4.63. The predicted octanol–water partition coefficient (Wildman–Crippen LogP) is 4.88.